The molecule has 80 valence electrons. The van der Waals surface area contributed by atoms with Gasteiger partial charge in [0.15, 0.2) is 0 Å². The Labute approximate surface area is 90.5 Å². The average molecular weight is 204 g/mol. The lowest BCUT2D eigenvalue weighted by atomic mass is 10.2. The van der Waals surface area contributed by atoms with Crippen LogP contribution < -0.4 is 4.74 Å². The van der Waals surface area contributed by atoms with Crippen LogP contribution in [0.4, 0.5) is 0 Å². The molecule has 0 spiro atoms. The fraction of sp³-hybridized carbons (Fsp3) is 0.385. The van der Waals surface area contributed by atoms with E-state index in [1.54, 1.807) is 0 Å². The number of rotatable bonds is 3. The van der Waals surface area contributed by atoms with E-state index in [2.05, 4.69) is 6.58 Å². The van der Waals surface area contributed by atoms with Crippen LogP contribution in [-0.4, -0.2) is 12.4 Å². The first kappa shape index (κ1) is 10.2. The second-order valence-corrected chi connectivity index (χ2v) is 3.96. The van der Waals surface area contributed by atoms with Crippen LogP contribution in [0.15, 0.2) is 30.8 Å². The van der Waals surface area contributed by atoms with Gasteiger partial charge in [0.05, 0.1) is 6.61 Å². The molecule has 1 aliphatic rings. The minimum Gasteiger partial charge on any atom is -0.463 e. The molecule has 1 unspecified atom stereocenters. The maximum atomic E-state index is 5.84. The summed E-state index contributed by atoms with van der Waals surface area (Å²) in [6.07, 6.45) is 3.83. The minimum atomic E-state index is -0.445. The van der Waals surface area contributed by atoms with Crippen LogP contribution in [-0.2, 0) is 4.74 Å². The lowest BCUT2D eigenvalue weighted by Gasteiger charge is -2.24. The van der Waals surface area contributed by atoms with Crippen molar-refractivity contribution in [2.75, 3.05) is 6.61 Å². The summed E-state index contributed by atoms with van der Waals surface area (Å²) in [7, 11) is 0. The Morgan fingerprint density at radius 1 is 1.53 bits per heavy atom. The summed E-state index contributed by atoms with van der Waals surface area (Å²) < 4.78 is 11.4. The van der Waals surface area contributed by atoms with Crippen molar-refractivity contribution in [1.82, 2.24) is 0 Å². The zero-order valence-electron chi connectivity index (χ0n) is 9.03. The van der Waals surface area contributed by atoms with Gasteiger partial charge in [-0.3, -0.25) is 0 Å². The number of benzene rings is 1. The number of ether oxygens (including phenoxy) is 2. The van der Waals surface area contributed by atoms with Crippen LogP contribution in [0.5, 0.6) is 5.75 Å². The van der Waals surface area contributed by atoms with Gasteiger partial charge >= 0.3 is 0 Å². The summed E-state index contributed by atoms with van der Waals surface area (Å²) in [5, 5.41) is 0. The standard InChI is InChI=1S/C13H16O2/c1-3-11-6-4-7-12(10-11)15-13(2)8-5-9-14-13/h3-4,6-7,10H,1,5,8-9H2,2H3. The highest BCUT2D eigenvalue weighted by atomic mass is 16.7. The Morgan fingerprint density at radius 3 is 3.07 bits per heavy atom. The first-order chi connectivity index (χ1) is 7.22. The van der Waals surface area contributed by atoms with E-state index in [1.165, 1.54) is 0 Å². The van der Waals surface area contributed by atoms with E-state index in [0.717, 1.165) is 30.8 Å². The summed E-state index contributed by atoms with van der Waals surface area (Å²) in [5.41, 5.74) is 1.06. The van der Waals surface area contributed by atoms with Gasteiger partial charge in [0, 0.05) is 13.3 Å². The van der Waals surface area contributed by atoms with Gasteiger partial charge in [-0.1, -0.05) is 24.8 Å². The fourth-order valence-corrected chi connectivity index (χ4v) is 1.79. The molecular weight excluding hydrogens is 188 g/mol. The van der Waals surface area contributed by atoms with E-state index in [9.17, 15) is 0 Å². The van der Waals surface area contributed by atoms with E-state index < -0.39 is 5.79 Å². The van der Waals surface area contributed by atoms with Crippen molar-refractivity contribution in [2.24, 2.45) is 0 Å². The number of hydrogen-bond donors (Lipinski definition) is 0. The molecule has 1 heterocycles. The van der Waals surface area contributed by atoms with Crippen LogP contribution >= 0.6 is 0 Å². The highest BCUT2D eigenvalue weighted by molar-refractivity contribution is 5.49. The highest BCUT2D eigenvalue weighted by Crippen LogP contribution is 2.29. The molecule has 1 saturated heterocycles. The van der Waals surface area contributed by atoms with Gasteiger partial charge in [-0.2, -0.15) is 0 Å². The van der Waals surface area contributed by atoms with E-state index >= 15 is 0 Å². The maximum Gasteiger partial charge on any atom is 0.207 e. The third-order valence-corrected chi connectivity index (χ3v) is 2.61. The lowest BCUT2D eigenvalue weighted by molar-refractivity contribution is -0.134. The van der Waals surface area contributed by atoms with E-state index in [4.69, 9.17) is 9.47 Å². The third kappa shape index (κ3) is 2.39. The molecule has 2 nitrogen and oxygen atoms in total. The first-order valence-corrected chi connectivity index (χ1v) is 5.27. The van der Waals surface area contributed by atoms with Crippen molar-refractivity contribution >= 4 is 6.08 Å². The molecule has 2 rings (SSSR count). The zero-order chi connectivity index (χ0) is 10.7. The lowest BCUT2D eigenvalue weighted by Crippen LogP contribution is -2.30. The molecule has 2 heteroatoms. The zero-order valence-corrected chi connectivity index (χ0v) is 9.03. The maximum absolute atomic E-state index is 5.84. The molecule has 1 aromatic carbocycles. The van der Waals surface area contributed by atoms with Crippen LogP contribution in [0.25, 0.3) is 6.08 Å². The molecular formula is C13H16O2. The van der Waals surface area contributed by atoms with Crippen molar-refractivity contribution in [2.45, 2.75) is 25.6 Å². The predicted octanol–water partition coefficient (Wildman–Crippen LogP) is 3.24. The third-order valence-electron chi connectivity index (χ3n) is 2.61. The molecule has 1 aliphatic heterocycles. The topological polar surface area (TPSA) is 18.5 Å². The quantitative estimate of drug-likeness (QED) is 0.752. The smallest absolute Gasteiger partial charge is 0.207 e. The molecule has 0 radical (unpaired) electrons. The Bertz CT molecular complexity index is 351. The molecule has 1 aromatic rings. The molecule has 0 saturated carbocycles. The van der Waals surface area contributed by atoms with Gasteiger partial charge in [-0.15, -0.1) is 0 Å². The molecule has 0 aromatic heterocycles. The van der Waals surface area contributed by atoms with Crippen LogP contribution in [0.1, 0.15) is 25.3 Å². The summed E-state index contributed by atoms with van der Waals surface area (Å²) in [4.78, 5) is 0. The van der Waals surface area contributed by atoms with E-state index in [-0.39, 0.29) is 0 Å². The van der Waals surface area contributed by atoms with Crippen molar-refractivity contribution in [3.05, 3.63) is 36.4 Å². The summed E-state index contributed by atoms with van der Waals surface area (Å²) in [6, 6.07) is 7.88. The molecule has 1 fully saturated rings. The van der Waals surface area contributed by atoms with Crippen LogP contribution in [0, 0.1) is 0 Å². The summed E-state index contributed by atoms with van der Waals surface area (Å²) in [6.45, 7) is 6.51. The van der Waals surface area contributed by atoms with Crippen molar-refractivity contribution in [3.63, 3.8) is 0 Å². The van der Waals surface area contributed by atoms with Gasteiger partial charge in [0.1, 0.15) is 5.75 Å². The Balaban J connectivity index is 2.12. The molecule has 15 heavy (non-hydrogen) atoms. The van der Waals surface area contributed by atoms with Gasteiger partial charge in [0.2, 0.25) is 5.79 Å². The largest absolute Gasteiger partial charge is 0.463 e. The summed E-state index contributed by atoms with van der Waals surface area (Å²) >= 11 is 0. The SMILES string of the molecule is C=Cc1cccc(OC2(C)CCCO2)c1. The van der Waals surface area contributed by atoms with Gasteiger partial charge in [-0.05, 0) is 24.1 Å². The van der Waals surface area contributed by atoms with Crippen LogP contribution in [0.2, 0.25) is 0 Å². The minimum absolute atomic E-state index is 0.445. The Kier molecular flexibility index (Phi) is 2.78. The molecule has 1 atom stereocenters. The highest BCUT2D eigenvalue weighted by Gasteiger charge is 2.31. The van der Waals surface area contributed by atoms with Crippen molar-refractivity contribution in [1.29, 1.82) is 0 Å². The second-order valence-electron chi connectivity index (χ2n) is 3.96. The van der Waals surface area contributed by atoms with Crippen LogP contribution in [0.3, 0.4) is 0 Å². The van der Waals surface area contributed by atoms with Crippen molar-refractivity contribution < 1.29 is 9.47 Å². The number of hydrogen-bond acceptors (Lipinski definition) is 2. The van der Waals surface area contributed by atoms with Crippen molar-refractivity contribution in [3.8, 4) is 5.75 Å². The Hall–Kier alpha value is -1.28. The monoisotopic (exact) mass is 204 g/mol. The molecule has 0 aliphatic carbocycles. The second kappa shape index (κ2) is 4.07. The molecule has 0 N–H and O–H groups in total. The Morgan fingerprint density at radius 2 is 2.40 bits per heavy atom. The average Bonchev–Trinajstić information content (AvgIpc) is 2.65. The molecule has 0 amide bonds. The normalized spacial score (nSPS) is 25.1. The van der Waals surface area contributed by atoms with Gasteiger partial charge in [0.25, 0.3) is 0 Å². The van der Waals surface area contributed by atoms with E-state index in [1.807, 2.05) is 37.3 Å². The molecule has 0 bridgehead atoms. The first-order valence-electron chi connectivity index (χ1n) is 5.27. The fourth-order valence-electron chi connectivity index (χ4n) is 1.79. The van der Waals surface area contributed by atoms with Gasteiger partial charge in [-0.25, -0.2) is 0 Å². The summed E-state index contributed by atoms with van der Waals surface area (Å²) in [5.74, 6) is 0.400. The van der Waals surface area contributed by atoms with Gasteiger partial charge < -0.3 is 9.47 Å². The van der Waals surface area contributed by atoms with E-state index in [0.29, 0.717) is 0 Å². The predicted molar refractivity (Wildman–Crippen MR) is 60.8 cm³/mol.